The van der Waals surface area contributed by atoms with Crippen molar-refractivity contribution in [3.8, 4) is 11.8 Å². The Bertz CT molecular complexity index is 1860. The number of carbonyl (C=O) groups is 3. The molecule has 13 heteroatoms. The molecule has 3 aromatic carbocycles. The number of likely N-dealkylation sites (N-methyl/N-ethyl adjacent to an activating group) is 1. The van der Waals surface area contributed by atoms with Crippen molar-refractivity contribution < 1.29 is 31.9 Å². The zero-order chi connectivity index (χ0) is 34.1. The first kappa shape index (κ1) is 32.9. The number of aromatic nitrogens is 2. The zero-order valence-corrected chi connectivity index (χ0v) is 25.6. The van der Waals surface area contributed by atoms with E-state index in [1.54, 1.807) is 37.3 Å². The Balaban J connectivity index is 1.70. The highest BCUT2D eigenvalue weighted by Gasteiger charge is 2.46. The molecule has 2 heterocycles. The lowest BCUT2D eigenvalue weighted by molar-refractivity contribution is -0.137. The van der Waals surface area contributed by atoms with Crippen molar-refractivity contribution in [2.24, 2.45) is 5.41 Å². The standard InChI is InChI=1S/C34H30F4N6O3/c1-4-43-30-27(25(18-40-32(47)33(2,3)19-39)42-44(30)24-11-6-5-7-12-24)26(20-13-15-23(35)16-14-20)28(31(43)46)41-29(45)21-9-8-10-22(17-21)34(36,37)38/h5-17,26,28H,4,18H2,1-3H3,(H,40,47)(H,41,45)/t26-,28-/m0/s1. The van der Waals surface area contributed by atoms with E-state index in [1.165, 1.54) is 53.8 Å². The van der Waals surface area contributed by atoms with Crippen LogP contribution in [-0.4, -0.2) is 40.1 Å². The number of fused-ring (bicyclic) bond motifs is 1. The van der Waals surface area contributed by atoms with Crippen molar-refractivity contribution in [2.75, 3.05) is 11.4 Å². The summed E-state index contributed by atoms with van der Waals surface area (Å²) in [6.07, 6.45) is -4.70. The van der Waals surface area contributed by atoms with Crippen LogP contribution in [0, 0.1) is 22.6 Å². The van der Waals surface area contributed by atoms with Crippen LogP contribution in [0.1, 0.15) is 59.4 Å². The van der Waals surface area contributed by atoms with Crippen molar-refractivity contribution in [3.63, 3.8) is 0 Å². The number of para-hydroxylation sites is 1. The summed E-state index contributed by atoms with van der Waals surface area (Å²) in [5.41, 5.74) is -1.01. The van der Waals surface area contributed by atoms with Gasteiger partial charge in [-0.15, -0.1) is 0 Å². The number of alkyl halides is 3. The summed E-state index contributed by atoms with van der Waals surface area (Å²) in [6.45, 7) is 4.56. The molecule has 1 aliphatic heterocycles. The first-order valence-corrected chi connectivity index (χ1v) is 14.7. The maximum absolute atomic E-state index is 14.3. The van der Waals surface area contributed by atoms with Gasteiger partial charge in [-0.25, -0.2) is 9.07 Å². The lowest BCUT2D eigenvalue weighted by atomic mass is 9.80. The van der Waals surface area contributed by atoms with Gasteiger partial charge in [-0.3, -0.25) is 19.3 Å². The fraction of sp³-hybridized carbons (Fsp3) is 0.265. The van der Waals surface area contributed by atoms with Gasteiger partial charge in [0.05, 0.1) is 29.6 Å². The first-order chi connectivity index (χ1) is 22.3. The predicted octanol–water partition coefficient (Wildman–Crippen LogP) is 5.49. The van der Waals surface area contributed by atoms with Crippen LogP contribution in [0.4, 0.5) is 23.4 Å². The Labute approximate surface area is 267 Å². The fourth-order valence-corrected chi connectivity index (χ4v) is 5.48. The highest BCUT2D eigenvalue weighted by Crippen LogP contribution is 2.44. The number of carbonyl (C=O) groups excluding carboxylic acids is 3. The summed E-state index contributed by atoms with van der Waals surface area (Å²) in [5.74, 6) is -3.30. The van der Waals surface area contributed by atoms with E-state index in [9.17, 15) is 37.2 Å². The second-order valence-electron chi connectivity index (χ2n) is 11.5. The Morgan fingerprint density at radius 2 is 1.68 bits per heavy atom. The molecule has 9 nitrogen and oxygen atoms in total. The molecule has 242 valence electrons. The van der Waals surface area contributed by atoms with Gasteiger partial charge in [0.25, 0.3) is 11.8 Å². The first-order valence-electron chi connectivity index (χ1n) is 14.7. The van der Waals surface area contributed by atoms with E-state index in [0.29, 0.717) is 34.4 Å². The van der Waals surface area contributed by atoms with Gasteiger partial charge in [-0.05, 0) is 68.8 Å². The minimum absolute atomic E-state index is 0.115. The van der Waals surface area contributed by atoms with Crippen LogP contribution in [0.25, 0.3) is 5.69 Å². The Morgan fingerprint density at radius 3 is 2.30 bits per heavy atom. The third-order valence-corrected chi connectivity index (χ3v) is 7.95. The average Bonchev–Trinajstić information content (AvgIpc) is 3.43. The molecule has 0 radical (unpaired) electrons. The van der Waals surface area contributed by atoms with Crippen LogP contribution in [0.5, 0.6) is 0 Å². The van der Waals surface area contributed by atoms with Gasteiger partial charge >= 0.3 is 6.18 Å². The van der Waals surface area contributed by atoms with E-state index in [1.807, 2.05) is 6.07 Å². The van der Waals surface area contributed by atoms with Gasteiger partial charge in [0.15, 0.2) is 0 Å². The highest BCUT2D eigenvalue weighted by molar-refractivity contribution is 6.05. The number of rotatable bonds is 8. The summed E-state index contributed by atoms with van der Waals surface area (Å²) in [4.78, 5) is 42.2. The SMILES string of the molecule is CCN1C(=O)[C@@H](NC(=O)c2cccc(C(F)(F)F)c2)[C@@H](c2ccc(F)cc2)c2c(CNC(=O)C(C)(C)C#N)nn(-c3ccccc3)c21. The number of halogens is 4. The van der Waals surface area contributed by atoms with Crippen molar-refractivity contribution in [1.29, 1.82) is 5.26 Å². The largest absolute Gasteiger partial charge is 0.416 e. The van der Waals surface area contributed by atoms with Gasteiger partial charge in [0.2, 0.25) is 5.91 Å². The van der Waals surface area contributed by atoms with Gasteiger partial charge in [0, 0.05) is 23.6 Å². The Kier molecular flexibility index (Phi) is 8.89. The Hall–Kier alpha value is -5.51. The zero-order valence-electron chi connectivity index (χ0n) is 25.6. The molecule has 0 saturated heterocycles. The molecule has 0 bridgehead atoms. The minimum Gasteiger partial charge on any atom is -0.349 e. The molecule has 0 aliphatic carbocycles. The van der Waals surface area contributed by atoms with Gasteiger partial charge < -0.3 is 10.6 Å². The molecule has 0 saturated carbocycles. The van der Waals surface area contributed by atoms with E-state index in [0.717, 1.165) is 12.1 Å². The van der Waals surface area contributed by atoms with E-state index >= 15 is 0 Å². The molecule has 3 amide bonds. The van der Waals surface area contributed by atoms with E-state index in [2.05, 4.69) is 10.6 Å². The van der Waals surface area contributed by atoms with E-state index in [4.69, 9.17) is 5.10 Å². The fourth-order valence-electron chi connectivity index (χ4n) is 5.48. The quantitative estimate of drug-likeness (QED) is 0.245. The van der Waals surface area contributed by atoms with Crippen molar-refractivity contribution in [1.82, 2.24) is 20.4 Å². The maximum atomic E-state index is 14.3. The number of nitrogens with zero attached hydrogens (tertiary/aromatic N) is 4. The summed E-state index contributed by atoms with van der Waals surface area (Å²) >= 11 is 0. The average molecular weight is 647 g/mol. The minimum atomic E-state index is -4.70. The second-order valence-corrected chi connectivity index (χ2v) is 11.5. The van der Waals surface area contributed by atoms with E-state index < -0.39 is 52.7 Å². The second kappa shape index (κ2) is 12.7. The van der Waals surface area contributed by atoms with Crippen LogP contribution >= 0.6 is 0 Å². The topological polar surface area (TPSA) is 120 Å². The molecule has 1 aliphatic rings. The van der Waals surface area contributed by atoms with Gasteiger partial charge in [0.1, 0.15) is 23.1 Å². The summed E-state index contributed by atoms with van der Waals surface area (Å²) < 4.78 is 56.1. The third kappa shape index (κ3) is 6.44. The van der Waals surface area contributed by atoms with Gasteiger partial charge in [-0.1, -0.05) is 36.4 Å². The van der Waals surface area contributed by atoms with Crippen molar-refractivity contribution >= 4 is 23.5 Å². The molecule has 2 atom stereocenters. The molecule has 5 rings (SSSR count). The van der Waals surface area contributed by atoms with Crippen LogP contribution in [0.15, 0.2) is 78.9 Å². The number of nitrogens with one attached hydrogen (secondary N) is 2. The summed E-state index contributed by atoms with van der Waals surface area (Å²) in [5, 5.41) is 19.7. The highest BCUT2D eigenvalue weighted by atomic mass is 19.4. The van der Waals surface area contributed by atoms with Crippen LogP contribution in [0.3, 0.4) is 0 Å². The monoisotopic (exact) mass is 646 g/mol. The van der Waals surface area contributed by atoms with Crippen LogP contribution in [0.2, 0.25) is 0 Å². The lowest BCUT2D eigenvalue weighted by Crippen LogP contribution is -2.55. The molecule has 0 spiro atoms. The smallest absolute Gasteiger partial charge is 0.349 e. The molecular formula is C34H30F4N6O3. The molecule has 47 heavy (non-hydrogen) atoms. The summed E-state index contributed by atoms with van der Waals surface area (Å²) in [7, 11) is 0. The lowest BCUT2D eigenvalue weighted by Gasteiger charge is -2.38. The number of benzene rings is 3. The molecule has 1 aromatic heterocycles. The number of hydrogen-bond acceptors (Lipinski definition) is 5. The van der Waals surface area contributed by atoms with E-state index in [-0.39, 0.29) is 18.7 Å². The predicted molar refractivity (Wildman–Crippen MR) is 164 cm³/mol. The van der Waals surface area contributed by atoms with Gasteiger partial charge in [-0.2, -0.15) is 23.5 Å². The maximum Gasteiger partial charge on any atom is 0.416 e. The number of nitriles is 1. The third-order valence-electron chi connectivity index (χ3n) is 7.95. The molecular weight excluding hydrogens is 616 g/mol. The number of amides is 3. The summed E-state index contributed by atoms with van der Waals surface area (Å²) in [6, 6.07) is 18.6. The molecule has 0 unspecified atom stereocenters. The number of anilines is 1. The molecule has 4 aromatic rings. The molecule has 0 fully saturated rings. The molecule has 2 N–H and O–H groups in total. The Morgan fingerprint density at radius 1 is 1.00 bits per heavy atom. The normalized spacial score (nSPS) is 16.3. The van der Waals surface area contributed by atoms with Crippen molar-refractivity contribution in [2.45, 2.75) is 45.5 Å². The number of hydrogen-bond donors (Lipinski definition) is 2. The van der Waals surface area contributed by atoms with Crippen molar-refractivity contribution in [3.05, 3.63) is 113 Å². The van der Waals surface area contributed by atoms with Crippen LogP contribution < -0.4 is 15.5 Å². The van der Waals surface area contributed by atoms with Crippen LogP contribution in [-0.2, 0) is 22.3 Å².